The summed E-state index contributed by atoms with van der Waals surface area (Å²) in [5.74, 6) is 0.413. The van der Waals surface area contributed by atoms with Gasteiger partial charge in [-0.05, 0) is 6.92 Å². The van der Waals surface area contributed by atoms with Gasteiger partial charge in [0.25, 0.3) is 0 Å². The number of hydrogen-bond donors (Lipinski definition) is 2. The Hall–Kier alpha value is -2.47. The van der Waals surface area contributed by atoms with Crippen LogP contribution < -0.4 is 5.32 Å². The van der Waals surface area contributed by atoms with Crippen molar-refractivity contribution in [1.29, 1.82) is 5.26 Å². The monoisotopic (exact) mass is 264 g/mol. The van der Waals surface area contributed by atoms with Gasteiger partial charge in [-0.2, -0.15) is 15.0 Å². The summed E-state index contributed by atoms with van der Waals surface area (Å²) >= 11 is 1.15. The number of nitrogens with one attached hydrogen (secondary N) is 1. The van der Waals surface area contributed by atoms with Crippen LogP contribution in [0.5, 0.6) is 0 Å². The van der Waals surface area contributed by atoms with Crippen LogP contribution >= 0.6 is 11.3 Å². The maximum atomic E-state index is 10.6. The first-order valence-corrected chi connectivity index (χ1v) is 5.69. The number of nitriles is 1. The first-order valence-electron chi connectivity index (χ1n) is 4.87. The number of amides is 1. The minimum atomic E-state index is -1.14. The van der Waals surface area contributed by atoms with Crippen molar-refractivity contribution in [3.05, 3.63) is 23.2 Å². The molecule has 0 aliphatic heterocycles. The molecule has 8 nitrogen and oxygen atoms in total. The van der Waals surface area contributed by atoms with Crippen molar-refractivity contribution >= 4 is 17.4 Å². The summed E-state index contributed by atoms with van der Waals surface area (Å²) < 4.78 is 1.41. The van der Waals surface area contributed by atoms with Gasteiger partial charge in [-0.25, -0.2) is 14.8 Å². The molecule has 2 aromatic rings. The average molecular weight is 264 g/mol. The number of rotatable bonds is 3. The van der Waals surface area contributed by atoms with Gasteiger partial charge in [0.1, 0.15) is 17.3 Å². The van der Waals surface area contributed by atoms with Crippen molar-refractivity contribution in [2.75, 3.05) is 0 Å². The first kappa shape index (κ1) is 12.0. The van der Waals surface area contributed by atoms with Gasteiger partial charge in [-0.1, -0.05) is 11.3 Å². The lowest BCUT2D eigenvalue weighted by molar-refractivity contribution is 0.190. The van der Waals surface area contributed by atoms with Crippen molar-refractivity contribution in [2.45, 2.75) is 13.0 Å². The van der Waals surface area contributed by atoms with E-state index in [4.69, 9.17) is 10.4 Å². The molecule has 1 amide bonds. The van der Waals surface area contributed by atoms with E-state index in [0.29, 0.717) is 15.8 Å². The normalized spacial score (nSPS) is 11.8. The molecule has 0 bridgehead atoms. The lowest BCUT2D eigenvalue weighted by atomic mass is 10.3. The maximum absolute atomic E-state index is 10.6. The van der Waals surface area contributed by atoms with E-state index in [2.05, 4.69) is 20.4 Å². The Bertz CT molecular complexity index is 613. The van der Waals surface area contributed by atoms with E-state index in [0.717, 1.165) is 11.3 Å². The molecule has 0 fully saturated rings. The second-order valence-electron chi connectivity index (χ2n) is 3.32. The molecule has 18 heavy (non-hydrogen) atoms. The molecule has 2 aromatic heterocycles. The minimum absolute atomic E-state index is 0.413. The first-order chi connectivity index (χ1) is 8.61. The molecular weight excluding hydrogens is 256 g/mol. The molecule has 0 radical (unpaired) electrons. The molecular formula is C9H8N6O2S. The molecule has 0 aromatic carbocycles. The van der Waals surface area contributed by atoms with Crippen LogP contribution in [0.25, 0.3) is 5.13 Å². The van der Waals surface area contributed by atoms with Gasteiger partial charge >= 0.3 is 6.09 Å². The summed E-state index contributed by atoms with van der Waals surface area (Å²) in [5.41, 5.74) is 0. The van der Waals surface area contributed by atoms with Crippen LogP contribution in [0, 0.1) is 11.3 Å². The Labute approximate surface area is 106 Å². The van der Waals surface area contributed by atoms with Gasteiger partial charge in [-0.15, -0.1) is 0 Å². The lowest BCUT2D eigenvalue weighted by Gasteiger charge is -2.10. The number of carbonyl (C=O) groups is 1. The van der Waals surface area contributed by atoms with Crippen LogP contribution in [-0.2, 0) is 0 Å². The van der Waals surface area contributed by atoms with Gasteiger partial charge in [0, 0.05) is 0 Å². The molecule has 0 aliphatic rings. The molecule has 0 spiro atoms. The van der Waals surface area contributed by atoms with Crippen molar-refractivity contribution in [1.82, 2.24) is 25.1 Å². The van der Waals surface area contributed by atoms with Crippen LogP contribution in [0.1, 0.15) is 23.7 Å². The second-order valence-corrected chi connectivity index (χ2v) is 4.33. The molecule has 2 N–H and O–H groups in total. The highest BCUT2D eigenvalue weighted by atomic mass is 32.1. The molecule has 0 aliphatic carbocycles. The third-order valence-electron chi connectivity index (χ3n) is 2.09. The lowest BCUT2D eigenvalue weighted by Crippen LogP contribution is -2.26. The number of thiazole rings is 1. The van der Waals surface area contributed by atoms with Crippen LogP contribution in [0.2, 0.25) is 0 Å². The third-order valence-corrected chi connectivity index (χ3v) is 2.96. The quantitative estimate of drug-likeness (QED) is 0.851. The Morgan fingerprint density at radius 2 is 2.44 bits per heavy atom. The summed E-state index contributed by atoms with van der Waals surface area (Å²) in [4.78, 5) is 19.1. The van der Waals surface area contributed by atoms with Crippen molar-refractivity contribution in [2.24, 2.45) is 0 Å². The fourth-order valence-corrected chi connectivity index (χ4v) is 2.04. The van der Waals surface area contributed by atoms with Crippen LogP contribution in [0.15, 0.2) is 12.5 Å². The van der Waals surface area contributed by atoms with E-state index < -0.39 is 12.1 Å². The maximum Gasteiger partial charge on any atom is 0.405 e. The molecule has 0 saturated carbocycles. The highest BCUT2D eigenvalue weighted by molar-refractivity contribution is 7.14. The second kappa shape index (κ2) is 4.80. The van der Waals surface area contributed by atoms with E-state index in [1.165, 1.54) is 17.2 Å². The summed E-state index contributed by atoms with van der Waals surface area (Å²) in [5, 5.41) is 24.1. The van der Waals surface area contributed by atoms with Crippen molar-refractivity contribution in [3.63, 3.8) is 0 Å². The molecule has 0 saturated heterocycles. The van der Waals surface area contributed by atoms with E-state index in [-0.39, 0.29) is 0 Å². The number of nitrogens with zero attached hydrogens (tertiary/aromatic N) is 5. The summed E-state index contributed by atoms with van der Waals surface area (Å²) in [6.07, 6.45) is 1.60. The fraction of sp³-hybridized carbons (Fsp3) is 0.222. The number of carboxylic acid groups (broad SMARTS) is 1. The largest absolute Gasteiger partial charge is 0.465 e. The van der Waals surface area contributed by atoms with Crippen molar-refractivity contribution in [3.8, 4) is 11.2 Å². The molecule has 2 heterocycles. The molecule has 1 atom stereocenters. The Balaban J connectivity index is 2.33. The van der Waals surface area contributed by atoms with E-state index >= 15 is 0 Å². The highest BCUT2D eigenvalue weighted by Gasteiger charge is 2.17. The standard InChI is InChI=1S/C9H8N6O2S/c1-5(14-9(16)17)7-12-4-13-15(7)8-11-3-6(2-10)18-8/h3-5,14H,1H3,(H,16,17). The fourth-order valence-electron chi connectivity index (χ4n) is 1.36. The Morgan fingerprint density at radius 3 is 3.06 bits per heavy atom. The molecule has 2 rings (SSSR count). The highest BCUT2D eigenvalue weighted by Crippen LogP contribution is 2.19. The average Bonchev–Trinajstić information content (AvgIpc) is 2.96. The van der Waals surface area contributed by atoms with E-state index in [1.54, 1.807) is 6.92 Å². The van der Waals surface area contributed by atoms with Gasteiger partial charge in [-0.3, -0.25) is 0 Å². The zero-order valence-corrected chi connectivity index (χ0v) is 10.0. The Kier molecular flexibility index (Phi) is 3.20. The summed E-state index contributed by atoms with van der Waals surface area (Å²) in [7, 11) is 0. The Morgan fingerprint density at radius 1 is 1.67 bits per heavy atom. The van der Waals surface area contributed by atoms with E-state index in [9.17, 15) is 4.79 Å². The van der Waals surface area contributed by atoms with Gasteiger partial charge in [0.2, 0.25) is 5.13 Å². The molecule has 92 valence electrons. The molecule has 1 unspecified atom stereocenters. The van der Waals surface area contributed by atoms with Gasteiger partial charge < -0.3 is 10.4 Å². The topological polar surface area (TPSA) is 117 Å². The zero-order valence-electron chi connectivity index (χ0n) is 9.23. The predicted molar refractivity (Wildman–Crippen MR) is 61.3 cm³/mol. The summed E-state index contributed by atoms with van der Waals surface area (Å²) in [6.45, 7) is 1.65. The van der Waals surface area contributed by atoms with Crippen molar-refractivity contribution < 1.29 is 9.90 Å². The van der Waals surface area contributed by atoms with E-state index in [1.807, 2.05) is 6.07 Å². The predicted octanol–water partition coefficient (Wildman–Crippen LogP) is 0.924. The molecule has 9 heteroatoms. The van der Waals surface area contributed by atoms with Crippen LogP contribution in [-0.4, -0.2) is 30.9 Å². The van der Waals surface area contributed by atoms with Crippen LogP contribution in [0.4, 0.5) is 4.79 Å². The van der Waals surface area contributed by atoms with Gasteiger partial charge in [0.05, 0.1) is 12.2 Å². The zero-order chi connectivity index (χ0) is 13.1. The van der Waals surface area contributed by atoms with Gasteiger partial charge in [0.15, 0.2) is 5.82 Å². The van der Waals surface area contributed by atoms with Crippen LogP contribution in [0.3, 0.4) is 0 Å². The SMILES string of the molecule is CC(NC(=O)O)c1ncnn1-c1ncc(C#N)s1. The smallest absolute Gasteiger partial charge is 0.405 e. The minimum Gasteiger partial charge on any atom is -0.465 e. The summed E-state index contributed by atoms with van der Waals surface area (Å²) in [6, 6.07) is 1.45. The number of aromatic nitrogens is 4. The third kappa shape index (κ3) is 2.28. The number of hydrogen-bond acceptors (Lipinski definition) is 6.